The summed E-state index contributed by atoms with van der Waals surface area (Å²) in [4.78, 5) is 16.3. The predicted molar refractivity (Wildman–Crippen MR) is 226 cm³/mol. The van der Waals surface area contributed by atoms with Crippen molar-refractivity contribution in [1.82, 2.24) is 19.5 Å². The van der Waals surface area contributed by atoms with Crippen LogP contribution < -0.4 is 0 Å². The van der Waals surface area contributed by atoms with Gasteiger partial charge in [0.25, 0.3) is 0 Å². The fourth-order valence-electron chi connectivity index (χ4n) is 9.64. The van der Waals surface area contributed by atoms with E-state index in [0.29, 0.717) is 17.6 Å². The van der Waals surface area contributed by atoms with Crippen LogP contribution in [0.3, 0.4) is 0 Å². The summed E-state index contributed by atoms with van der Waals surface area (Å²) in [5.74, 6) is 1.91. The molecule has 2 aromatic heterocycles. The second kappa shape index (κ2) is 11.4. The first kappa shape index (κ1) is 31.8. The highest BCUT2D eigenvalue weighted by Gasteiger charge is 2.40. The SMILES string of the molecule is CC1(C)c2ccccc2-c2c(-c3nc(-c4cccc(-c5ccccc5)c4)nc(-n4c5ccccc5c5ccc6c(c54)C(C)(C)c4ccccc4-6)n3)cccc21. The molecule has 0 saturated heterocycles. The van der Waals surface area contributed by atoms with Crippen molar-refractivity contribution in [2.45, 2.75) is 38.5 Å². The van der Waals surface area contributed by atoms with Gasteiger partial charge in [-0.3, -0.25) is 4.57 Å². The lowest BCUT2D eigenvalue weighted by Crippen LogP contribution is -2.17. The zero-order valence-electron chi connectivity index (χ0n) is 31.3. The van der Waals surface area contributed by atoms with Gasteiger partial charge >= 0.3 is 0 Å². The molecular formula is C51H38N4. The van der Waals surface area contributed by atoms with E-state index in [2.05, 4.69) is 190 Å². The van der Waals surface area contributed by atoms with Crippen molar-refractivity contribution < 1.29 is 0 Å². The van der Waals surface area contributed by atoms with Gasteiger partial charge in [0.05, 0.1) is 11.0 Å². The molecule has 11 rings (SSSR count). The van der Waals surface area contributed by atoms with Crippen LogP contribution in [0.1, 0.15) is 49.9 Å². The Morgan fingerprint density at radius 2 is 1.04 bits per heavy atom. The van der Waals surface area contributed by atoms with E-state index in [1.54, 1.807) is 0 Å². The van der Waals surface area contributed by atoms with Gasteiger partial charge < -0.3 is 0 Å². The van der Waals surface area contributed by atoms with Gasteiger partial charge in [-0.15, -0.1) is 0 Å². The van der Waals surface area contributed by atoms with Gasteiger partial charge in [-0.25, -0.2) is 4.98 Å². The van der Waals surface area contributed by atoms with Crippen molar-refractivity contribution in [3.05, 3.63) is 180 Å². The van der Waals surface area contributed by atoms with Crippen LogP contribution in [0.5, 0.6) is 0 Å². The first-order valence-corrected chi connectivity index (χ1v) is 19.1. The number of rotatable bonds is 4. The summed E-state index contributed by atoms with van der Waals surface area (Å²) >= 11 is 0. The van der Waals surface area contributed by atoms with Crippen LogP contribution in [0, 0.1) is 0 Å². The van der Waals surface area contributed by atoms with Crippen molar-refractivity contribution in [3.63, 3.8) is 0 Å². The average molecular weight is 707 g/mol. The smallest absolute Gasteiger partial charge is 0.238 e. The quantitative estimate of drug-likeness (QED) is 0.183. The number of hydrogen-bond donors (Lipinski definition) is 0. The summed E-state index contributed by atoms with van der Waals surface area (Å²) in [7, 11) is 0. The topological polar surface area (TPSA) is 43.6 Å². The molecule has 0 radical (unpaired) electrons. The second-order valence-corrected chi connectivity index (χ2v) is 16.0. The average Bonchev–Trinajstić information content (AvgIpc) is 3.78. The summed E-state index contributed by atoms with van der Waals surface area (Å²) in [6, 6.07) is 56.6. The van der Waals surface area contributed by atoms with Gasteiger partial charge in [0.1, 0.15) is 0 Å². The highest BCUT2D eigenvalue weighted by atomic mass is 15.2. The Morgan fingerprint density at radius 3 is 1.87 bits per heavy atom. The Kier molecular flexibility index (Phi) is 6.61. The molecule has 262 valence electrons. The Hall–Kier alpha value is -6.65. The van der Waals surface area contributed by atoms with Crippen molar-refractivity contribution >= 4 is 21.8 Å². The number of fused-ring (bicyclic) bond motifs is 10. The fourth-order valence-corrected chi connectivity index (χ4v) is 9.64. The zero-order valence-corrected chi connectivity index (χ0v) is 31.3. The maximum absolute atomic E-state index is 5.51. The normalized spacial score (nSPS) is 14.5. The molecule has 0 amide bonds. The lowest BCUT2D eigenvalue weighted by molar-refractivity contribution is 0.660. The third-order valence-electron chi connectivity index (χ3n) is 12.3. The molecule has 9 aromatic rings. The highest BCUT2D eigenvalue weighted by Crippen LogP contribution is 2.54. The standard InChI is InChI=1S/C51H38N4/c1-50(2)41-25-12-9-22-38(41)44-39(23-15-26-42(44)50)48-52-47(33-19-14-18-32(30-33)31-16-6-5-7-17-31)53-49(54-48)55-43-27-13-10-21-35(43)37-29-28-36-34-20-8-11-24-40(34)51(3,4)45(36)46(37)55/h5-30H,1-4H3. The van der Waals surface area contributed by atoms with E-state index in [1.807, 2.05) is 0 Å². The lowest BCUT2D eigenvalue weighted by Gasteiger charge is -2.23. The summed E-state index contributed by atoms with van der Waals surface area (Å²) in [6.07, 6.45) is 0. The van der Waals surface area contributed by atoms with Crippen molar-refractivity contribution in [3.8, 4) is 62.1 Å². The van der Waals surface area contributed by atoms with Crippen LogP contribution in [0.15, 0.2) is 158 Å². The van der Waals surface area contributed by atoms with E-state index in [1.165, 1.54) is 55.3 Å². The van der Waals surface area contributed by atoms with Crippen LogP contribution in [-0.4, -0.2) is 19.5 Å². The third kappa shape index (κ3) is 4.49. The van der Waals surface area contributed by atoms with Crippen LogP contribution in [0.4, 0.5) is 0 Å². The minimum atomic E-state index is -0.240. The minimum Gasteiger partial charge on any atom is -0.277 e. The molecule has 0 aliphatic heterocycles. The van der Waals surface area contributed by atoms with Crippen LogP contribution >= 0.6 is 0 Å². The van der Waals surface area contributed by atoms with Crippen molar-refractivity contribution in [2.75, 3.05) is 0 Å². The summed E-state index contributed by atoms with van der Waals surface area (Å²) < 4.78 is 2.31. The number of hydrogen-bond acceptors (Lipinski definition) is 3. The Morgan fingerprint density at radius 1 is 0.418 bits per heavy atom. The molecule has 0 unspecified atom stereocenters. The monoisotopic (exact) mass is 706 g/mol. The van der Waals surface area contributed by atoms with E-state index >= 15 is 0 Å². The van der Waals surface area contributed by atoms with Gasteiger partial charge in [0.2, 0.25) is 5.95 Å². The van der Waals surface area contributed by atoms with Gasteiger partial charge in [-0.1, -0.05) is 173 Å². The second-order valence-electron chi connectivity index (χ2n) is 16.0. The first-order valence-electron chi connectivity index (χ1n) is 19.1. The number of aromatic nitrogens is 4. The molecule has 0 atom stereocenters. The molecule has 2 aliphatic rings. The Balaban J connectivity index is 1.24. The maximum Gasteiger partial charge on any atom is 0.238 e. The molecule has 4 heteroatoms. The number of nitrogens with zero attached hydrogens (tertiary/aromatic N) is 4. The molecular weight excluding hydrogens is 669 g/mol. The summed E-state index contributed by atoms with van der Waals surface area (Å²) in [5.41, 5.74) is 16.3. The van der Waals surface area contributed by atoms with Crippen molar-refractivity contribution in [2.24, 2.45) is 0 Å². The van der Waals surface area contributed by atoms with Crippen molar-refractivity contribution in [1.29, 1.82) is 0 Å². The van der Waals surface area contributed by atoms with E-state index in [0.717, 1.165) is 33.3 Å². The summed E-state index contributed by atoms with van der Waals surface area (Å²) in [5, 5.41) is 2.37. The molecule has 7 aromatic carbocycles. The first-order chi connectivity index (χ1) is 26.8. The summed E-state index contributed by atoms with van der Waals surface area (Å²) in [6.45, 7) is 9.34. The molecule has 0 N–H and O–H groups in total. The van der Waals surface area contributed by atoms with Gasteiger partial charge in [0, 0.05) is 32.7 Å². The molecule has 0 fully saturated rings. The van der Waals surface area contributed by atoms with Crippen LogP contribution in [0.2, 0.25) is 0 Å². The maximum atomic E-state index is 5.51. The lowest BCUT2D eigenvalue weighted by atomic mass is 9.81. The van der Waals surface area contributed by atoms with Gasteiger partial charge in [-0.2, -0.15) is 9.97 Å². The molecule has 0 saturated carbocycles. The number of benzene rings is 7. The minimum absolute atomic E-state index is 0.154. The molecule has 55 heavy (non-hydrogen) atoms. The molecule has 2 aliphatic carbocycles. The fraction of sp³-hybridized carbons (Fsp3) is 0.118. The van der Waals surface area contributed by atoms with E-state index in [4.69, 9.17) is 15.0 Å². The zero-order chi connectivity index (χ0) is 37.1. The largest absolute Gasteiger partial charge is 0.277 e. The van der Waals surface area contributed by atoms with Crippen LogP contribution in [0.25, 0.3) is 83.9 Å². The molecule has 0 spiro atoms. The predicted octanol–water partition coefficient (Wildman–Crippen LogP) is 12.6. The van der Waals surface area contributed by atoms with Crippen LogP contribution in [-0.2, 0) is 10.8 Å². The third-order valence-corrected chi connectivity index (χ3v) is 12.3. The highest BCUT2D eigenvalue weighted by molar-refractivity contribution is 6.13. The van der Waals surface area contributed by atoms with Gasteiger partial charge in [-0.05, 0) is 67.8 Å². The molecule has 4 nitrogen and oxygen atoms in total. The van der Waals surface area contributed by atoms with E-state index in [-0.39, 0.29) is 10.8 Å². The molecule has 0 bridgehead atoms. The Labute approximate surface area is 320 Å². The van der Waals surface area contributed by atoms with E-state index < -0.39 is 0 Å². The number of para-hydroxylation sites is 1. The van der Waals surface area contributed by atoms with E-state index in [9.17, 15) is 0 Å². The Bertz CT molecular complexity index is 3040. The molecule has 2 heterocycles. The van der Waals surface area contributed by atoms with Gasteiger partial charge in [0.15, 0.2) is 11.6 Å².